The van der Waals surface area contributed by atoms with Gasteiger partial charge in [-0.15, -0.1) is 0 Å². The molecule has 71 valence electrons. The molecule has 8 N–H and O–H groups in total. The quantitative estimate of drug-likeness (QED) is 0.403. The molecule has 0 aliphatic carbocycles. The Labute approximate surface area is 70.0 Å². The fourth-order valence-corrected chi connectivity index (χ4v) is 0. The Bertz CT molecular complexity index is 92.4. The van der Waals surface area contributed by atoms with Crippen molar-refractivity contribution in [2.24, 2.45) is 0 Å². The molecule has 0 saturated carbocycles. The summed E-state index contributed by atoms with van der Waals surface area (Å²) >= 11 is -6.17. The van der Waals surface area contributed by atoms with Crippen LogP contribution < -0.4 is 7.52 Å². The standard InChI is InChI=1S/Co.4H2O.4O.W/h;4*1H2;;;;;/q+2;;;;;;;2*-1;. The summed E-state index contributed by atoms with van der Waals surface area (Å²) in [4.78, 5) is 0. The van der Waals surface area contributed by atoms with Gasteiger partial charge in [-0.25, -0.2) is 0 Å². The summed E-state index contributed by atoms with van der Waals surface area (Å²) in [5, 5.41) is 0. The first-order valence-corrected chi connectivity index (χ1v) is 5.46. The van der Waals surface area contributed by atoms with Gasteiger partial charge in [0.15, 0.2) is 0 Å². The maximum atomic E-state index is 8.65. The molecule has 10 heavy (non-hydrogen) atoms. The second-order valence-electron chi connectivity index (χ2n) is 0.408. The van der Waals surface area contributed by atoms with Crippen LogP contribution in [0.2, 0.25) is 0 Å². The minimum atomic E-state index is -6.17. The molecule has 1 radical (unpaired) electrons. The van der Waals surface area contributed by atoms with Crippen molar-refractivity contribution in [3.05, 3.63) is 0 Å². The van der Waals surface area contributed by atoms with Gasteiger partial charge in [-0.1, -0.05) is 0 Å². The van der Waals surface area contributed by atoms with Crippen LogP contribution in [-0.2, 0) is 40.3 Å². The van der Waals surface area contributed by atoms with Crippen LogP contribution >= 0.6 is 0 Å². The molecule has 0 heterocycles. The van der Waals surface area contributed by atoms with Crippen LogP contribution in [0, 0.1) is 0 Å². The van der Waals surface area contributed by atoms with Crippen molar-refractivity contribution in [1.29, 1.82) is 0 Å². The first-order valence-electron chi connectivity index (χ1n) is 0.667. The van der Waals surface area contributed by atoms with Crippen LogP contribution in [0.4, 0.5) is 0 Å². The van der Waals surface area contributed by atoms with E-state index >= 15 is 0 Å². The van der Waals surface area contributed by atoms with E-state index in [-0.39, 0.29) is 38.7 Å². The van der Waals surface area contributed by atoms with E-state index in [9.17, 15) is 0 Å². The topological polar surface area (TPSA) is 206 Å². The fourth-order valence-electron chi connectivity index (χ4n) is 0. The third-order valence-corrected chi connectivity index (χ3v) is 0. The van der Waals surface area contributed by atoms with E-state index in [1.165, 1.54) is 0 Å². The molecule has 8 nitrogen and oxygen atoms in total. The first-order chi connectivity index (χ1) is 2.00. The average Bonchev–Trinajstić information content (AvgIpc) is 0.722. The van der Waals surface area contributed by atoms with Gasteiger partial charge < -0.3 is 21.9 Å². The van der Waals surface area contributed by atoms with Gasteiger partial charge in [-0.05, 0) is 0 Å². The van der Waals surface area contributed by atoms with Gasteiger partial charge in [0, 0.05) is 0 Å². The molecule has 0 fully saturated rings. The average molecular weight is 379 g/mol. The normalized spacial score (nSPS) is 5.80. The number of hydrogen-bond donors (Lipinski definition) is 0. The molecule has 0 aliphatic rings. The van der Waals surface area contributed by atoms with Crippen LogP contribution in [0.5, 0.6) is 0 Å². The summed E-state index contributed by atoms with van der Waals surface area (Å²) in [5.74, 6) is 0. The van der Waals surface area contributed by atoms with Crippen LogP contribution in [0.25, 0.3) is 0 Å². The van der Waals surface area contributed by atoms with Crippen molar-refractivity contribution >= 4 is 0 Å². The van der Waals surface area contributed by atoms with E-state index < -0.39 is 16.7 Å². The molecule has 0 aromatic heterocycles. The van der Waals surface area contributed by atoms with Gasteiger partial charge in [0.25, 0.3) is 0 Å². The van der Waals surface area contributed by atoms with Gasteiger partial charge in [0.05, 0.1) is 0 Å². The van der Waals surface area contributed by atoms with Crippen molar-refractivity contribution in [1.82, 2.24) is 0 Å². The third kappa shape index (κ3) is 1590. The molecule has 0 aromatic carbocycles. The van der Waals surface area contributed by atoms with E-state index in [1.807, 2.05) is 0 Å². The van der Waals surface area contributed by atoms with E-state index in [1.54, 1.807) is 0 Å². The molecule has 10 heteroatoms. The predicted octanol–water partition coefficient (Wildman–Crippen LogP) is -5.92. The van der Waals surface area contributed by atoms with Crippen molar-refractivity contribution in [3.8, 4) is 0 Å². The van der Waals surface area contributed by atoms with Crippen LogP contribution in [-0.4, -0.2) is 21.9 Å². The van der Waals surface area contributed by atoms with Crippen LogP contribution in [0.15, 0.2) is 0 Å². The zero-order chi connectivity index (χ0) is 4.50. The molecular weight excluding hydrogens is 371 g/mol. The molecule has 0 bridgehead atoms. The van der Waals surface area contributed by atoms with Crippen molar-refractivity contribution in [2.45, 2.75) is 0 Å². The van der Waals surface area contributed by atoms with Gasteiger partial charge in [-0.3, -0.25) is 0 Å². The molecular formula is H8CoO8W. The summed E-state index contributed by atoms with van der Waals surface area (Å²) in [6.45, 7) is 0. The summed E-state index contributed by atoms with van der Waals surface area (Å²) in [6.07, 6.45) is 0. The molecule has 0 amide bonds. The fraction of sp³-hybridized carbons (Fsp3) is 0. The van der Waals surface area contributed by atoms with Crippen LogP contribution in [0.3, 0.4) is 0 Å². The second-order valence-corrected chi connectivity index (χ2v) is 3.34. The molecule has 0 rings (SSSR count). The van der Waals surface area contributed by atoms with Crippen LogP contribution in [0.1, 0.15) is 0 Å². The monoisotopic (exact) mass is 379 g/mol. The Balaban J connectivity index is -0.00000000800. The zero-order valence-corrected chi connectivity index (χ0v) is 8.35. The Kier molecular flexibility index (Phi) is 75.6. The Hall–Kier alpha value is 0.555. The van der Waals surface area contributed by atoms with Crippen molar-refractivity contribution < 1.29 is 69.7 Å². The molecule has 0 saturated heterocycles. The second kappa shape index (κ2) is 16.3. The van der Waals surface area contributed by atoms with E-state index in [0.29, 0.717) is 0 Å². The van der Waals surface area contributed by atoms with Gasteiger partial charge in [-0.2, -0.15) is 0 Å². The summed E-state index contributed by atoms with van der Waals surface area (Å²) in [5.41, 5.74) is 0. The van der Waals surface area contributed by atoms with E-state index in [2.05, 4.69) is 0 Å². The van der Waals surface area contributed by atoms with Gasteiger partial charge in [0.2, 0.25) is 0 Å². The molecule has 0 unspecified atom stereocenters. The Morgan fingerprint density at radius 2 is 0.800 bits per heavy atom. The number of hydrogen-bond acceptors (Lipinski definition) is 4. The Morgan fingerprint density at radius 3 is 0.800 bits per heavy atom. The van der Waals surface area contributed by atoms with Gasteiger partial charge in [0.1, 0.15) is 0 Å². The zero-order valence-electron chi connectivity index (χ0n) is 4.37. The van der Waals surface area contributed by atoms with E-state index in [4.69, 9.17) is 14.3 Å². The van der Waals surface area contributed by atoms with E-state index in [0.717, 1.165) is 0 Å². The third-order valence-electron chi connectivity index (χ3n) is 0. The van der Waals surface area contributed by atoms with Crippen molar-refractivity contribution in [2.75, 3.05) is 0 Å². The number of rotatable bonds is 0. The van der Waals surface area contributed by atoms with Crippen molar-refractivity contribution in [3.63, 3.8) is 0 Å². The summed E-state index contributed by atoms with van der Waals surface area (Å²) < 4.78 is 34.6. The summed E-state index contributed by atoms with van der Waals surface area (Å²) in [6, 6.07) is 0. The maximum absolute atomic E-state index is 8.65. The molecule has 0 aromatic rings. The molecule has 0 aliphatic heterocycles. The predicted molar refractivity (Wildman–Crippen MR) is 15.8 cm³/mol. The molecule has 0 atom stereocenters. The SMILES string of the molecule is O.O.O.O.[Co+2].[O]=[W](=[O])([O-])[O-]. The first kappa shape index (κ1) is 46.4. The summed E-state index contributed by atoms with van der Waals surface area (Å²) in [7, 11) is 0. The molecule has 0 spiro atoms. The minimum absolute atomic E-state index is 0. The van der Waals surface area contributed by atoms with Gasteiger partial charge >= 0.3 is 47.8 Å². The Morgan fingerprint density at radius 1 is 0.800 bits per heavy atom.